The van der Waals surface area contributed by atoms with E-state index in [9.17, 15) is 9.59 Å². The number of nitrogens with zero attached hydrogens (tertiary/aromatic N) is 1. The Morgan fingerprint density at radius 3 is 2.26 bits per heavy atom. The van der Waals surface area contributed by atoms with Gasteiger partial charge in [0.2, 0.25) is 11.8 Å². The minimum absolute atomic E-state index is 0.0651. The average Bonchev–Trinajstić information content (AvgIpc) is 2.55. The Balaban J connectivity index is 2.00. The molecule has 0 radical (unpaired) electrons. The number of imide groups is 1. The lowest BCUT2D eigenvalue weighted by molar-refractivity contribution is -0.130. The number of carbonyl (C=O) groups excluding carboxylic acids is 2. The molecule has 0 aromatic heterocycles. The van der Waals surface area contributed by atoms with E-state index < -0.39 is 5.41 Å². The van der Waals surface area contributed by atoms with Gasteiger partial charge in [-0.1, -0.05) is 44.0 Å². The molecule has 0 bridgehead atoms. The first-order valence-corrected chi connectivity index (χ1v) is 8.71. The van der Waals surface area contributed by atoms with Gasteiger partial charge < -0.3 is 0 Å². The summed E-state index contributed by atoms with van der Waals surface area (Å²) >= 11 is 12.1. The first-order chi connectivity index (χ1) is 10.6. The third kappa shape index (κ3) is 3.01. The molecule has 3 rings (SSSR count). The lowest BCUT2D eigenvalue weighted by atomic mass is 9.59. The van der Waals surface area contributed by atoms with Crippen LogP contribution < -0.4 is 4.90 Å². The molecule has 3 nitrogen and oxygen atoms in total. The summed E-state index contributed by atoms with van der Waals surface area (Å²) in [7, 11) is 0. The van der Waals surface area contributed by atoms with Crippen LogP contribution in [0.4, 0.5) is 5.69 Å². The second-order valence-corrected chi connectivity index (χ2v) is 8.85. The standard InChI is InChI=1S/C18H21Cl2NO2/c1-11-7-17(2,3)10-18(8-11)9-15(22)21(16(18)23)14-5-12(19)4-13(20)6-14/h4-6,11H,7-10H2,1-3H3/t11-,18-/m0/s1. The summed E-state index contributed by atoms with van der Waals surface area (Å²) in [6.45, 7) is 6.53. The van der Waals surface area contributed by atoms with E-state index in [1.807, 2.05) is 0 Å². The molecule has 5 heteroatoms. The van der Waals surface area contributed by atoms with Crippen LogP contribution >= 0.6 is 23.2 Å². The second kappa shape index (κ2) is 5.49. The van der Waals surface area contributed by atoms with Crippen molar-refractivity contribution in [3.8, 4) is 0 Å². The summed E-state index contributed by atoms with van der Waals surface area (Å²) in [4.78, 5) is 27.1. The van der Waals surface area contributed by atoms with Gasteiger partial charge in [0.05, 0.1) is 11.1 Å². The third-order valence-electron chi connectivity index (χ3n) is 4.96. The van der Waals surface area contributed by atoms with Crippen molar-refractivity contribution < 1.29 is 9.59 Å². The lowest BCUT2D eigenvalue weighted by Crippen LogP contribution is -2.43. The zero-order valence-corrected chi connectivity index (χ0v) is 15.2. The molecule has 1 saturated carbocycles. The summed E-state index contributed by atoms with van der Waals surface area (Å²) in [6.07, 6.45) is 2.88. The predicted octanol–water partition coefficient (Wildman–Crippen LogP) is 5.09. The highest BCUT2D eigenvalue weighted by molar-refractivity contribution is 6.35. The van der Waals surface area contributed by atoms with Crippen molar-refractivity contribution in [3.05, 3.63) is 28.2 Å². The van der Waals surface area contributed by atoms with Crippen molar-refractivity contribution >= 4 is 40.7 Å². The first-order valence-electron chi connectivity index (χ1n) is 7.95. The molecule has 2 fully saturated rings. The summed E-state index contributed by atoms with van der Waals surface area (Å²) in [5.41, 5.74) is -0.0340. The van der Waals surface area contributed by atoms with Gasteiger partial charge in [-0.3, -0.25) is 9.59 Å². The quantitative estimate of drug-likeness (QED) is 0.659. The molecule has 2 amide bonds. The summed E-state index contributed by atoms with van der Waals surface area (Å²) < 4.78 is 0. The molecule has 1 aliphatic carbocycles. The van der Waals surface area contributed by atoms with Gasteiger partial charge in [0.25, 0.3) is 0 Å². The molecule has 1 aromatic carbocycles. The van der Waals surface area contributed by atoms with Crippen LogP contribution in [-0.2, 0) is 9.59 Å². The second-order valence-electron chi connectivity index (χ2n) is 7.97. The van der Waals surface area contributed by atoms with Gasteiger partial charge in [0.1, 0.15) is 0 Å². The van der Waals surface area contributed by atoms with Crippen molar-refractivity contribution in [2.24, 2.45) is 16.7 Å². The van der Waals surface area contributed by atoms with Crippen molar-refractivity contribution in [2.75, 3.05) is 4.90 Å². The summed E-state index contributed by atoms with van der Waals surface area (Å²) in [5.74, 6) is 0.178. The lowest BCUT2D eigenvalue weighted by Gasteiger charge is -2.44. The Labute approximate surface area is 146 Å². The van der Waals surface area contributed by atoms with E-state index in [4.69, 9.17) is 23.2 Å². The number of amides is 2. The minimum atomic E-state index is -0.576. The molecule has 2 aliphatic rings. The first kappa shape index (κ1) is 16.8. The Morgan fingerprint density at radius 2 is 1.70 bits per heavy atom. The Kier molecular flexibility index (Phi) is 4.01. The fourth-order valence-electron chi connectivity index (χ4n) is 4.76. The Hall–Kier alpha value is -1.06. The van der Waals surface area contributed by atoms with Crippen LogP contribution in [0.25, 0.3) is 0 Å². The molecule has 1 aliphatic heterocycles. The monoisotopic (exact) mass is 353 g/mol. The smallest absolute Gasteiger partial charge is 0.240 e. The van der Waals surface area contributed by atoms with Gasteiger partial charge >= 0.3 is 0 Å². The molecule has 124 valence electrons. The maximum atomic E-state index is 13.2. The van der Waals surface area contributed by atoms with E-state index in [0.29, 0.717) is 21.7 Å². The molecule has 0 unspecified atom stereocenters. The number of anilines is 1. The van der Waals surface area contributed by atoms with E-state index in [1.54, 1.807) is 18.2 Å². The predicted molar refractivity (Wildman–Crippen MR) is 92.8 cm³/mol. The van der Waals surface area contributed by atoms with Gasteiger partial charge in [-0.25, -0.2) is 4.90 Å². The molecule has 1 spiro atoms. The summed E-state index contributed by atoms with van der Waals surface area (Å²) in [5, 5.41) is 0.845. The van der Waals surface area contributed by atoms with Crippen LogP contribution in [0, 0.1) is 16.7 Å². The zero-order chi connectivity index (χ0) is 17.0. The topological polar surface area (TPSA) is 37.4 Å². The summed E-state index contributed by atoms with van der Waals surface area (Å²) in [6, 6.07) is 4.85. The molecular formula is C18H21Cl2NO2. The van der Waals surface area contributed by atoms with E-state index in [-0.39, 0.29) is 23.7 Å². The van der Waals surface area contributed by atoms with E-state index >= 15 is 0 Å². The fourth-order valence-corrected chi connectivity index (χ4v) is 5.28. The van der Waals surface area contributed by atoms with Gasteiger partial charge in [0.15, 0.2) is 0 Å². The van der Waals surface area contributed by atoms with Crippen molar-refractivity contribution in [1.29, 1.82) is 0 Å². The Morgan fingerprint density at radius 1 is 1.09 bits per heavy atom. The molecule has 1 heterocycles. The van der Waals surface area contributed by atoms with Crippen molar-refractivity contribution in [1.82, 2.24) is 0 Å². The number of hydrogen-bond acceptors (Lipinski definition) is 2. The highest BCUT2D eigenvalue weighted by Gasteiger charge is 2.56. The maximum absolute atomic E-state index is 13.2. The molecular weight excluding hydrogens is 333 g/mol. The van der Waals surface area contributed by atoms with E-state index in [0.717, 1.165) is 19.3 Å². The molecule has 1 saturated heterocycles. The van der Waals surface area contributed by atoms with E-state index in [1.165, 1.54) is 4.90 Å². The molecule has 1 aromatic rings. The van der Waals surface area contributed by atoms with Gasteiger partial charge in [-0.15, -0.1) is 0 Å². The minimum Gasteiger partial charge on any atom is -0.274 e. The average molecular weight is 354 g/mol. The van der Waals surface area contributed by atoms with Crippen LogP contribution in [0.15, 0.2) is 18.2 Å². The van der Waals surface area contributed by atoms with Crippen LogP contribution in [0.5, 0.6) is 0 Å². The maximum Gasteiger partial charge on any atom is 0.240 e. The van der Waals surface area contributed by atoms with Crippen molar-refractivity contribution in [2.45, 2.75) is 46.5 Å². The number of hydrogen-bond donors (Lipinski definition) is 0. The Bertz CT molecular complexity index is 665. The van der Waals surface area contributed by atoms with Crippen LogP contribution in [0.2, 0.25) is 10.0 Å². The number of benzene rings is 1. The van der Waals surface area contributed by atoms with E-state index in [2.05, 4.69) is 20.8 Å². The number of rotatable bonds is 1. The highest BCUT2D eigenvalue weighted by atomic mass is 35.5. The fraction of sp³-hybridized carbons (Fsp3) is 0.556. The molecule has 2 atom stereocenters. The number of halogens is 2. The largest absolute Gasteiger partial charge is 0.274 e. The third-order valence-corrected chi connectivity index (χ3v) is 5.39. The normalized spacial score (nSPS) is 30.3. The molecule has 0 N–H and O–H groups in total. The number of carbonyl (C=O) groups is 2. The SMILES string of the molecule is C[C@H]1CC(C)(C)C[C@@]2(CC(=O)N(c3cc(Cl)cc(Cl)c3)C2=O)C1. The van der Waals surface area contributed by atoms with Gasteiger partial charge in [-0.05, 0) is 48.8 Å². The van der Waals surface area contributed by atoms with Crippen molar-refractivity contribution in [3.63, 3.8) is 0 Å². The molecule has 23 heavy (non-hydrogen) atoms. The van der Waals surface area contributed by atoms with Gasteiger partial charge in [0, 0.05) is 16.5 Å². The zero-order valence-electron chi connectivity index (χ0n) is 13.7. The van der Waals surface area contributed by atoms with Crippen LogP contribution in [0.1, 0.15) is 46.5 Å². The van der Waals surface area contributed by atoms with Crippen LogP contribution in [-0.4, -0.2) is 11.8 Å². The highest BCUT2D eigenvalue weighted by Crippen LogP contribution is 2.54. The van der Waals surface area contributed by atoms with Crippen LogP contribution in [0.3, 0.4) is 0 Å². The van der Waals surface area contributed by atoms with Gasteiger partial charge in [-0.2, -0.15) is 0 Å².